The molecule has 0 amide bonds. The Bertz CT molecular complexity index is 258. The predicted octanol–water partition coefficient (Wildman–Crippen LogP) is 1.60. The van der Waals surface area contributed by atoms with Crippen molar-refractivity contribution in [2.75, 3.05) is 13.6 Å². The molecule has 1 aromatic carbocycles. The zero-order valence-electron chi connectivity index (χ0n) is 8.38. The van der Waals surface area contributed by atoms with Crippen molar-refractivity contribution in [3.8, 4) is 0 Å². The van der Waals surface area contributed by atoms with Crippen LogP contribution in [0.3, 0.4) is 0 Å². The molecule has 0 saturated carbocycles. The van der Waals surface area contributed by atoms with Gasteiger partial charge in [0.05, 0.1) is 0 Å². The van der Waals surface area contributed by atoms with Gasteiger partial charge in [0.25, 0.3) is 0 Å². The van der Waals surface area contributed by atoms with E-state index in [1.807, 2.05) is 19.2 Å². The smallest absolute Gasteiger partial charge is 0.0309 e. The van der Waals surface area contributed by atoms with Gasteiger partial charge in [-0.25, -0.2) is 0 Å². The lowest BCUT2D eigenvalue weighted by Gasteiger charge is -2.13. The first-order valence-electron chi connectivity index (χ1n) is 4.71. The maximum Gasteiger partial charge on any atom is 0.0309 e. The summed E-state index contributed by atoms with van der Waals surface area (Å²) in [5.74, 6) is 0. The summed E-state index contributed by atoms with van der Waals surface area (Å²) in [6.45, 7) is 3.07. The normalized spacial score (nSPS) is 12.8. The molecular formula is C11H18N2. The van der Waals surface area contributed by atoms with E-state index in [1.54, 1.807) is 0 Å². The van der Waals surface area contributed by atoms with Crippen molar-refractivity contribution in [1.82, 2.24) is 5.32 Å². The first-order valence-corrected chi connectivity index (χ1v) is 4.71. The Labute approximate surface area is 80.1 Å². The topological polar surface area (TPSA) is 38.0 Å². The highest BCUT2D eigenvalue weighted by Gasteiger charge is 2.06. The molecule has 0 heterocycles. The standard InChI is InChI=1S/C11H18N2/c1-9-5-3-4-6-10(9)11(12)7-8-13-2/h3-6,11,13H,7-8,12H2,1-2H3. The van der Waals surface area contributed by atoms with Crippen molar-refractivity contribution in [1.29, 1.82) is 0 Å². The molecule has 0 fully saturated rings. The fraction of sp³-hybridized carbons (Fsp3) is 0.455. The number of rotatable bonds is 4. The van der Waals surface area contributed by atoms with Gasteiger partial charge in [-0.2, -0.15) is 0 Å². The van der Waals surface area contributed by atoms with Crippen molar-refractivity contribution < 1.29 is 0 Å². The van der Waals surface area contributed by atoms with Crippen LogP contribution in [0.1, 0.15) is 23.6 Å². The molecule has 0 bridgehead atoms. The van der Waals surface area contributed by atoms with Crippen LogP contribution >= 0.6 is 0 Å². The molecule has 1 aromatic rings. The Morgan fingerprint density at radius 3 is 2.69 bits per heavy atom. The van der Waals surface area contributed by atoms with E-state index < -0.39 is 0 Å². The van der Waals surface area contributed by atoms with E-state index >= 15 is 0 Å². The second-order valence-electron chi connectivity index (χ2n) is 3.36. The summed E-state index contributed by atoms with van der Waals surface area (Å²) in [5, 5.41) is 3.11. The number of aryl methyl sites for hydroxylation is 1. The third-order valence-corrected chi connectivity index (χ3v) is 2.29. The zero-order valence-corrected chi connectivity index (χ0v) is 8.38. The van der Waals surface area contributed by atoms with Crippen LogP contribution in [-0.4, -0.2) is 13.6 Å². The molecular weight excluding hydrogens is 160 g/mol. The second-order valence-corrected chi connectivity index (χ2v) is 3.36. The Morgan fingerprint density at radius 1 is 1.38 bits per heavy atom. The number of hydrogen-bond donors (Lipinski definition) is 2. The van der Waals surface area contributed by atoms with Crippen molar-refractivity contribution in [2.24, 2.45) is 5.73 Å². The van der Waals surface area contributed by atoms with Crippen LogP contribution in [0.2, 0.25) is 0 Å². The summed E-state index contributed by atoms with van der Waals surface area (Å²) in [6.07, 6.45) is 0.987. The van der Waals surface area contributed by atoms with E-state index in [1.165, 1.54) is 11.1 Å². The van der Waals surface area contributed by atoms with E-state index in [-0.39, 0.29) is 6.04 Å². The fourth-order valence-electron chi connectivity index (χ4n) is 1.46. The monoisotopic (exact) mass is 178 g/mol. The minimum atomic E-state index is 0.161. The molecule has 1 rings (SSSR count). The van der Waals surface area contributed by atoms with Gasteiger partial charge in [-0.1, -0.05) is 24.3 Å². The molecule has 0 radical (unpaired) electrons. The maximum atomic E-state index is 6.04. The van der Waals surface area contributed by atoms with E-state index in [0.29, 0.717) is 0 Å². The number of hydrogen-bond acceptors (Lipinski definition) is 2. The Hall–Kier alpha value is -0.860. The Balaban J connectivity index is 2.65. The summed E-state index contributed by atoms with van der Waals surface area (Å²) in [7, 11) is 1.95. The molecule has 2 nitrogen and oxygen atoms in total. The number of nitrogens with one attached hydrogen (secondary N) is 1. The van der Waals surface area contributed by atoms with Gasteiger partial charge in [0, 0.05) is 6.04 Å². The number of nitrogens with two attached hydrogens (primary N) is 1. The Morgan fingerprint density at radius 2 is 2.08 bits per heavy atom. The van der Waals surface area contributed by atoms with E-state index in [0.717, 1.165) is 13.0 Å². The van der Waals surface area contributed by atoms with Gasteiger partial charge >= 0.3 is 0 Å². The lowest BCUT2D eigenvalue weighted by molar-refractivity contribution is 0.613. The summed E-state index contributed by atoms with van der Waals surface area (Å²) in [6, 6.07) is 8.46. The highest BCUT2D eigenvalue weighted by atomic mass is 14.8. The number of benzene rings is 1. The molecule has 1 atom stereocenters. The molecule has 0 saturated heterocycles. The lowest BCUT2D eigenvalue weighted by atomic mass is 10.00. The quantitative estimate of drug-likeness (QED) is 0.735. The van der Waals surface area contributed by atoms with E-state index in [9.17, 15) is 0 Å². The SMILES string of the molecule is CNCCC(N)c1ccccc1C. The van der Waals surface area contributed by atoms with Crippen LogP contribution in [0.5, 0.6) is 0 Å². The molecule has 3 N–H and O–H groups in total. The van der Waals surface area contributed by atoms with Gasteiger partial charge in [-0.3, -0.25) is 0 Å². The average Bonchev–Trinajstić information content (AvgIpc) is 2.15. The minimum Gasteiger partial charge on any atom is -0.324 e. The van der Waals surface area contributed by atoms with Gasteiger partial charge < -0.3 is 11.1 Å². The lowest BCUT2D eigenvalue weighted by Crippen LogP contribution is -2.18. The molecule has 0 aromatic heterocycles. The van der Waals surface area contributed by atoms with Gasteiger partial charge in [0.2, 0.25) is 0 Å². The average molecular weight is 178 g/mol. The van der Waals surface area contributed by atoms with Crippen LogP contribution in [0, 0.1) is 6.92 Å². The van der Waals surface area contributed by atoms with Crippen molar-refractivity contribution in [2.45, 2.75) is 19.4 Å². The summed E-state index contributed by atoms with van der Waals surface area (Å²) < 4.78 is 0. The van der Waals surface area contributed by atoms with Crippen LogP contribution in [0.25, 0.3) is 0 Å². The fourth-order valence-corrected chi connectivity index (χ4v) is 1.46. The third-order valence-electron chi connectivity index (χ3n) is 2.29. The van der Waals surface area contributed by atoms with Crippen LogP contribution < -0.4 is 11.1 Å². The van der Waals surface area contributed by atoms with Crippen LogP contribution in [-0.2, 0) is 0 Å². The van der Waals surface area contributed by atoms with Gasteiger partial charge in [0.1, 0.15) is 0 Å². The van der Waals surface area contributed by atoms with E-state index in [2.05, 4.69) is 24.4 Å². The highest BCUT2D eigenvalue weighted by molar-refractivity contribution is 5.28. The molecule has 13 heavy (non-hydrogen) atoms. The summed E-state index contributed by atoms with van der Waals surface area (Å²) in [4.78, 5) is 0. The molecule has 1 unspecified atom stereocenters. The molecule has 0 aliphatic heterocycles. The summed E-state index contributed by atoms with van der Waals surface area (Å²) >= 11 is 0. The van der Waals surface area contributed by atoms with Crippen molar-refractivity contribution in [3.05, 3.63) is 35.4 Å². The van der Waals surface area contributed by atoms with Gasteiger partial charge in [0.15, 0.2) is 0 Å². The zero-order chi connectivity index (χ0) is 9.68. The maximum absolute atomic E-state index is 6.04. The van der Waals surface area contributed by atoms with E-state index in [4.69, 9.17) is 5.73 Å². The minimum absolute atomic E-state index is 0.161. The van der Waals surface area contributed by atoms with Gasteiger partial charge in [-0.15, -0.1) is 0 Å². The predicted molar refractivity (Wildman–Crippen MR) is 56.7 cm³/mol. The Kier molecular flexibility index (Phi) is 3.93. The van der Waals surface area contributed by atoms with Crippen LogP contribution in [0.4, 0.5) is 0 Å². The first kappa shape index (κ1) is 10.2. The molecule has 72 valence electrons. The van der Waals surface area contributed by atoms with Crippen LogP contribution in [0.15, 0.2) is 24.3 Å². The highest BCUT2D eigenvalue weighted by Crippen LogP contribution is 2.17. The third kappa shape index (κ3) is 2.83. The van der Waals surface area contributed by atoms with Crippen molar-refractivity contribution in [3.63, 3.8) is 0 Å². The molecule has 0 aliphatic carbocycles. The second kappa shape index (κ2) is 5.00. The molecule has 0 spiro atoms. The van der Waals surface area contributed by atoms with Gasteiger partial charge in [-0.05, 0) is 38.1 Å². The van der Waals surface area contributed by atoms with Crippen molar-refractivity contribution >= 4 is 0 Å². The summed E-state index contributed by atoms with van der Waals surface area (Å²) in [5.41, 5.74) is 8.59. The molecule has 2 heteroatoms. The first-order chi connectivity index (χ1) is 6.25. The largest absolute Gasteiger partial charge is 0.324 e. The molecule has 0 aliphatic rings.